The molecule has 0 radical (unpaired) electrons. The zero-order valence-corrected chi connectivity index (χ0v) is 8.53. The van der Waals surface area contributed by atoms with Gasteiger partial charge in [0.1, 0.15) is 0 Å². The van der Waals surface area contributed by atoms with Crippen molar-refractivity contribution in [1.82, 2.24) is 5.32 Å². The van der Waals surface area contributed by atoms with Crippen molar-refractivity contribution in [3.05, 3.63) is 16.3 Å². The Bertz CT molecular complexity index is 313. The van der Waals surface area contributed by atoms with E-state index in [2.05, 4.69) is 5.32 Å². The summed E-state index contributed by atoms with van der Waals surface area (Å²) in [6, 6.07) is 1.68. The van der Waals surface area contributed by atoms with E-state index in [4.69, 9.17) is 10.8 Å². The predicted octanol–water partition coefficient (Wildman–Crippen LogP) is 1.34. The molecule has 0 spiro atoms. The molecule has 0 fully saturated rings. The fourth-order valence-electron chi connectivity index (χ4n) is 0.932. The molecule has 1 atom stereocenters. The molecule has 0 aliphatic carbocycles. The predicted molar refractivity (Wildman–Crippen MR) is 52.5 cm³/mol. The molecular formula is C8H11F3N2OS. The summed E-state index contributed by atoms with van der Waals surface area (Å²) >= 11 is 1.36. The maximum Gasteiger partial charge on any atom is 0.415 e. The van der Waals surface area contributed by atoms with Crippen LogP contribution in [0.25, 0.3) is 0 Å². The summed E-state index contributed by atoms with van der Waals surface area (Å²) in [7, 11) is 0. The molecule has 3 nitrogen and oxygen atoms in total. The third-order valence-electron chi connectivity index (χ3n) is 1.78. The van der Waals surface area contributed by atoms with Crippen LogP contribution in [-0.2, 0) is 6.54 Å². The third kappa shape index (κ3) is 3.69. The SMILES string of the molecule is Nc1ccsc1CNCC(O)C(F)(F)F. The summed E-state index contributed by atoms with van der Waals surface area (Å²) in [5, 5.41) is 12.9. The number of nitrogens with one attached hydrogen (secondary N) is 1. The van der Waals surface area contributed by atoms with Crippen LogP contribution in [0.2, 0.25) is 0 Å². The number of nitrogen functional groups attached to an aromatic ring is 1. The minimum absolute atomic E-state index is 0.233. The molecule has 0 amide bonds. The summed E-state index contributed by atoms with van der Waals surface area (Å²) < 4.78 is 35.6. The fourth-order valence-corrected chi connectivity index (χ4v) is 1.70. The van der Waals surface area contributed by atoms with Gasteiger partial charge in [-0.15, -0.1) is 11.3 Å². The Balaban J connectivity index is 2.31. The number of aliphatic hydroxyl groups is 1. The largest absolute Gasteiger partial charge is 0.415 e. The topological polar surface area (TPSA) is 58.3 Å². The van der Waals surface area contributed by atoms with Crippen molar-refractivity contribution in [2.24, 2.45) is 0 Å². The van der Waals surface area contributed by atoms with Gasteiger partial charge in [0, 0.05) is 23.7 Å². The van der Waals surface area contributed by atoms with Crippen LogP contribution >= 0.6 is 11.3 Å². The van der Waals surface area contributed by atoms with E-state index in [1.165, 1.54) is 11.3 Å². The monoisotopic (exact) mass is 240 g/mol. The Morgan fingerprint density at radius 2 is 2.20 bits per heavy atom. The zero-order valence-electron chi connectivity index (χ0n) is 7.71. The summed E-state index contributed by atoms with van der Waals surface area (Å²) in [6.45, 7) is -0.294. The Kier molecular flexibility index (Phi) is 3.95. The van der Waals surface area contributed by atoms with Crippen molar-refractivity contribution >= 4 is 17.0 Å². The number of halogens is 3. The van der Waals surface area contributed by atoms with Crippen LogP contribution in [0.3, 0.4) is 0 Å². The van der Waals surface area contributed by atoms with Crippen LogP contribution in [0, 0.1) is 0 Å². The molecule has 0 saturated carbocycles. The quantitative estimate of drug-likeness (QED) is 0.744. The van der Waals surface area contributed by atoms with E-state index in [0.717, 1.165) is 4.88 Å². The maximum atomic E-state index is 11.9. The van der Waals surface area contributed by atoms with E-state index in [-0.39, 0.29) is 6.54 Å². The molecule has 1 aromatic rings. The number of hydrogen-bond donors (Lipinski definition) is 3. The number of thiophene rings is 1. The van der Waals surface area contributed by atoms with Gasteiger partial charge in [-0.3, -0.25) is 0 Å². The lowest BCUT2D eigenvalue weighted by atomic mass is 10.3. The molecule has 0 aliphatic rings. The average Bonchev–Trinajstić information content (AvgIpc) is 2.50. The second-order valence-corrected chi connectivity index (χ2v) is 3.99. The molecule has 15 heavy (non-hydrogen) atoms. The Morgan fingerprint density at radius 1 is 1.53 bits per heavy atom. The number of aliphatic hydroxyl groups excluding tert-OH is 1. The lowest BCUT2D eigenvalue weighted by Gasteiger charge is -2.14. The van der Waals surface area contributed by atoms with Crippen molar-refractivity contribution in [1.29, 1.82) is 0 Å². The molecule has 0 aromatic carbocycles. The first-order valence-electron chi connectivity index (χ1n) is 4.18. The average molecular weight is 240 g/mol. The van der Waals surface area contributed by atoms with Crippen LogP contribution in [0.15, 0.2) is 11.4 Å². The van der Waals surface area contributed by atoms with Gasteiger partial charge in [0.2, 0.25) is 0 Å². The first-order chi connectivity index (χ1) is 6.91. The van der Waals surface area contributed by atoms with Crippen molar-refractivity contribution in [2.75, 3.05) is 12.3 Å². The molecule has 86 valence electrons. The Labute approximate surface area is 88.7 Å². The number of rotatable bonds is 4. The van der Waals surface area contributed by atoms with E-state index < -0.39 is 18.8 Å². The van der Waals surface area contributed by atoms with Crippen LogP contribution in [0.4, 0.5) is 18.9 Å². The van der Waals surface area contributed by atoms with Crippen molar-refractivity contribution in [3.63, 3.8) is 0 Å². The van der Waals surface area contributed by atoms with Crippen molar-refractivity contribution in [3.8, 4) is 0 Å². The van der Waals surface area contributed by atoms with Gasteiger partial charge >= 0.3 is 6.18 Å². The van der Waals surface area contributed by atoms with Gasteiger partial charge in [-0.05, 0) is 11.4 Å². The minimum atomic E-state index is -4.58. The van der Waals surface area contributed by atoms with E-state index in [1.807, 2.05) is 0 Å². The number of anilines is 1. The third-order valence-corrected chi connectivity index (χ3v) is 2.72. The summed E-state index contributed by atoms with van der Waals surface area (Å²) in [4.78, 5) is 0.768. The molecule has 1 aromatic heterocycles. The molecular weight excluding hydrogens is 229 g/mol. The maximum absolute atomic E-state index is 11.9. The molecule has 1 heterocycles. The molecule has 1 unspecified atom stereocenters. The van der Waals surface area contributed by atoms with E-state index in [0.29, 0.717) is 5.69 Å². The van der Waals surface area contributed by atoms with Gasteiger partial charge < -0.3 is 16.2 Å². The van der Waals surface area contributed by atoms with Crippen LogP contribution in [0.1, 0.15) is 4.88 Å². The number of nitrogens with two attached hydrogens (primary N) is 1. The highest BCUT2D eigenvalue weighted by atomic mass is 32.1. The highest BCUT2D eigenvalue weighted by Crippen LogP contribution is 2.20. The first kappa shape index (κ1) is 12.3. The van der Waals surface area contributed by atoms with Crippen molar-refractivity contribution in [2.45, 2.75) is 18.8 Å². The van der Waals surface area contributed by atoms with E-state index in [1.54, 1.807) is 11.4 Å². The molecule has 1 rings (SSSR count). The molecule has 7 heteroatoms. The highest BCUT2D eigenvalue weighted by molar-refractivity contribution is 7.10. The molecule has 4 N–H and O–H groups in total. The van der Waals surface area contributed by atoms with Crippen LogP contribution in [-0.4, -0.2) is 23.9 Å². The second kappa shape index (κ2) is 4.82. The van der Waals surface area contributed by atoms with E-state index >= 15 is 0 Å². The molecule has 0 saturated heterocycles. The molecule has 0 bridgehead atoms. The van der Waals surface area contributed by atoms with Gasteiger partial charge in [0.25, 0.3) is 0 Å². The Hall–Kier alpha value is -0.790. The highest BCUT2D eigenvalue weighted by Gasteiger charge is 2.37. The second-order valence-electron chi connectivity index (χ2n) is 2.99. The lowest BCUT2D eigenvalue weighted by molar-refractivity contribution is -0.201. The standard InChI is InChI=1S/C8H11F3N2OS/c9-8(10,11)7(14)4-13-3-6-5(12)1-2-15-6/h1-2,7,13-14H,3-4,12H2. The van der Waals surface area contributed by atoms with Gasteiger partial charge in [-0.2, -0.15) is 13.2 Å². The fraction of sp³-hybridized carbons (Fsp3) is 0.500. The van der Waals surface area contributed by atoms with Gasteiger partial charge in [0.05, 0.1) is 0 Å². The van der Waals surface area contributed by atoms with Gasteiger partial charge in [-0.25, -0.2) is 0 Å². The minimum Gasteiger partial charge on any atom is -0.398 e. The smallest absolute Gasteiger partial charge is 0.398 e. The van der Waals surface area contributed by atoms with Crippen LogP contribution < -0.4 is 11.1 Å². The van der Waals surface area contributed by atoms with Gasteiger partial charge in [0.15, 0.2) is 6.10 Å². The van der Waals surface area contributed by atoms with Gasteiger partial charge in [-0.1, -0.05) is 0 Å². The number of alkyl halides is 3. The summed E-state index contributed by atoms with van der Waals surface area (Å²) in [5.74, 6) is 0. The number of hydrogen-bond acceptors (Lipinski definition) is 4. The van der Waals surface area contributed by atoms with Crippen molar-refractivity contribution < 1.29 is 18.3 Å². The molecule has 0 aliphatic heterocycles. The summed E-state index contributed by atoms with van der Waals surface area (Å²) in [5.41, 5.74) is 6.08. The Morgan fingerprint density at radius 3 is 2.67 bits per heavy atom. The zero-order chi connectivity index (χ0) is 11.5. The lowest BCUT2D eigenvalue weighted by Crippen LogP contribution is -2.38. The van der Waals surface area contributed by atoms with Crippen LogP contribution in [0.5, 0.6) is 0 Å². The summed E-state index contributed by atoms with van der Waals surface area (Å²) in [6.07, 6.45) is -6.91. The normalized spacial score (nSPS) is 14.1. The first-order valence-corrected chi connectivity index (χ1v) is 5.06. The van der Waals surface area contributed by atoms with E-state index in [9.17, 15) is 13.2 Å².